The van der Waals surface area contributed by atoms with Crippen LogP contribution in [0.2, 0.25) is 0 Å². The molecule has 2 heterocycles. The smallest absolute Gasteiger partial charge is 0.255 e. The van der Waals surface area contributed by atoms with Crippen molar-refractivity contribution in [1.29, 1.82) is 0 Å². The average Bonchev–Trinajstić information content (AvgIpc) is 3.40. The van der Waals surface area contributed by atoms with E-state index in [1.165, 1.54) is 16.1 Å². The Bertz CT molecular complexity index is 1200. The first-order chi connectivity index (χ1) is 16.7. The number of fused-ring (bicyclic) bond motifs is 1. The van der Waals surface area contributed by atoms with Crippen molar-refractivity contribution in [2.75, 3.05) is 26.7 Å². The molecule has 0 saturated heterocycles. The van der Waals surface area contributed by atoms with Gasteiger partial charge in [0.15, 0.2) is 0 Å². The number of carbonyl (C=O) groups excluding carboxylic acids is 1. The molecule has 1 aromatic carbocycles. The predicted octanol–water partition coefficient (Wildman–Crippen LogP) is 3.19. The second kappa shape index (κ2) is 10.5. The number of aliphatic hydroxyl groups excluding tert-OH is 1. The molecule has 2 aromatic rings. The number of hydrogen-bond acceptors (Lipinski definition) is 6. The van der Waals surface area contributed by atoms with Gasteiger partial charge in [0, 0.05) is 37.9 Å². The summed E-state index contributed by atoms with van der Waals surface area (Å²) >= 11 is 0. The minimum absolute atomic E-state index is 0.0817. The summed E-state index contributed by atoms with van der Waals surface area (Å²) in [7, 11) is -2.19. The van der Waals surface area contributed by atoms with E-state index in [1.807, 2.05) is 13.0 Å². The molecule has 0 bridgehead atoms. The van der Waals surface area contributed by atoms with E-state index in [1.54, 1.807) is 49.3 Å². The highest BCUT2D eigenvalue weighted by atomic mass is 32.2. The van der Waals surface area contributed by atoms with Gasteiger partial charge in [-0.3, -0.25) is 9.78 Å². The second-order valence-corrected chi connectivity index (χ2v) is 11.3. The van der Waals surface area contributed by atoms with Crippen molar-refractivity contribution < 1.29 is 23.1 Å². The van der Waals surface area contributed by atoms with Crippen LogP contribution in [0.3, 0.4) is 0 Å². The van der Waals surface area contributed by atoms with E-state index in [-0.39, 0.29) is 42.2 Å². The number of likely N-dealkylation sites (N-methyl/N-ethyl adjacent to an activating group) is 1. The number of sulfonamides is 1. The maximum absolute atomic E-state index is 13.6. The van der Waals surface area contributed by atoms with Crippen LogP contribution in [0.4, 0.5) is 0 Å². The molecule has 4 rings (SSSR count). The highest BCUT2D eigenvalue weighted by Gasteiger charge is 2.38. The van der Waals surface area contributed by atoms with Crippen molar-refractivity contribution in [3.8, 4) is 5.75 Å². The van der Waals surface area contributed by atoms with Gasteiger partial charge in [-0.05, 0) is 61.6 Å². The number of ether oxygens (including phenoxy) is 1. The summed E-state index contributed by atoms with van der Waals surface area (Å²) in [5.41, 5.74) is 2.61. The Morgan fingerprint density at radius 2 is 2.14 bits per heavy atom. The fraction of sp³-hybridized carbons (Fsp3) is 0.462. The van der Waals surface area contributed by atoms with Crippen LogP contribution in [-0.4, -0.2) is 72.5 Å². The normalized spacial score (nSPS) is 22.8. The Labute approximate surface area is 207 Å². The molecule has 9 heteroatoms. The van der Waals surface area contributed by atoms with Gasteiger partial charge < -0.3 is 14.7 Å². The first-order valence-corrected chi connectivity index (χ1v) is 13.4. The Kier molecular flexibility index (Phi) is 7.59. The van der Waals surface area contributed by atoms with Gasteiger partial charge in [0.05, 0.1) is 18.7 Å². The molecule has 0 unspecified atom stereocenters. The third-order valence-corrected chi connectivity index (χ3v) is 8.81. The van der Waals surface area contributed by atoms with Crippen LogP contribution >= 0.6 is 0 Å². The quantitative estimate of drug-likeness (QED) is 0.655. The molecule has 0 saturated carbocycles. The number of allylic oxidation sites excluding steroid dienone is 2. The lowest BCUT2D eigenvalue weighted by atomic mass is 10.0. The van der Waals surface area contributed by atoms with E-state index in [4.69, 9.17) is 4.74 Å². The van der Waals surface area contributed by atoms with Gasteiger partial charge in [0.2, 0.25) is 10.0 Å². The summed E-state index contributed by atoms with van der Waals surface area (Å²) in [5, 5.41) is 9.81. The summed E-state index contributed by atoms with van der Waals surface area (Å²) in [5.74, 6) is -0.149. The zero-order valence-corrected chi connectivity index (χ0v) is 21.2. The molecule has 35 heavy (non-hydrogen) atoms. The molecule has 0 radical (unpaired) electrons. The molecule has 8 nitrogen and oxygen atoms in total. The summed E-state index contributed by atoms with van der Waals surface area (Å²) in [6, 6.07) is 8.07. The number of pyridine rings is 1. The van der Waals surface area contributed by atoms with E-state index in [0.717, 1.165) is 24.8 Å². The largest absolute Gasteiger partial charge is 0.487 e. The fourth-order valence-electron chi connectivity index (χ4n) is 4.64. The SMILES string of the molecule is C[C@@H]1CN([C@@H](C)CO)S(=O)(=O)c2ccc(C3=CCCC3)cc2O[C@@H]1CN(C)C(=O)c1cccnc1. The molecule has 1 amide bonds. The number of hydrogen-bond donors (Lipinski definition) is 1. The lowest BCUT2D eigenvalue weighted by Crippen LogP contribution is -2.50. The molecule has 1 aliphatic carbocycles. The molecule has 3 atom stereocenters. The Morgan fingerprint density at radius 3 is 2.80 bits per heavy atom. The van der Waals surface area contributed by atoms with E-state index >= 15 is 0 Å². The number of carbonyl (C=O) groups is 1. The van der Waals surface area contributed by atoms with Gasteiger partial charge >= 0.3 is 0 Å². The summed E-state index contributed by atoms with van der Waals surface area (Å²) in [4.78, 5) is 18.6. The average molecular weight is 500 g/mol. The summed E-state index contributed by atoms with van der Waals surface area (Å²) in [6.45, 7) is 3.74. The number of amides is 1. The lowest BCUT2D eigenvalue weighted by Gasteiger charge is -2.37. The summed E-state index contributed by atoms with van der Waals surface area (Å²) in [6.07, 6.45) is 7.89. The van der Waals surface area contributed by atoms with Gasteiger partial charge in [-0.25, -0.2) is 8.42 Å². The molecule has 0 fully saturated rings. The van der Waals surface area contributed by atoms with Crippen molar-refractivity contribution >= 4 is 21.5 Å². The number of benzene rings is 1. The molecule has 1 N–H and O–H groups in total. The predicted molar refractivity (Wildman–Crippen MR) is 133 cm³/mol. The molecule has 2 aliphatic rings. The maximum atomic E-state index is 13.6. The van der Waals surface area contributed by atoms with Crippen LogP contribution in [0.5, 0.6) is 5.75 Å². The number of rotatable bonds is 6. The standard InChI is InChI=1S/C26H33N3O5S/c1-18-15-29(19(2)17-30)35(32,33)25-11-10-21(20-7-4-5-8-20)13-23(25)34-24(18)16-28(3)26(31)22-9-6-12-27-14-22/h6-7,9-14,18-19,24,30H,4-5,8,15-17H2,1-3H3/t18-,19+,24-/m1/s1. The summed E-state index contributed by atoms with van der Waals surface area (Å²) < 4.78 is 35.0. The lowest BCUT2D eigenvalue weighted by molar-refractivity contribution is 0.0563. The van der Waals surface area contributed by atoms with Gasteiger partial charge in [0.25, 0.3) is 5.91 Å². The maximum Gasteiger partial charge on any atom is 0.255 e. The number of nitrogens with zero attached hydrogens (tertiary/aromatic N) is 3. The van der Waals surface area contributed by atoms with Crippen LogP contribution in [0.15, 0.2) is 53.7 Å². The van der Waals surface area contributed by atoms with Crippen molar-refractivity contribution in [2.45, 2.75) is 50.2 Å². The minimum atomic E-state index is -3.90. The fourth-order valence-corrected chi connectivity index (χ4v) is 6.46. The van der Waals surface area contributed by atoms with E-state index in [0.29, 0.717) is 5.56 Å². The second-order valence-electron chi connectivity index (χ2n) is 9.45. The van der Waals surface area contributed by atoms with Crippen molar-refractivity contribution in [1.82, 2.24) is 14.2 Å². The first kappa shape index (κ1) is 25.3. The van der Waals surface area contributed by atoms with Crippen molar-refractivity contribution in [3.63, 3.8) is 0 Å². The number of aromatic nitrogens is 1. The Balaban J connectivity index is 1.72. The molecular weight excluding hydrogens is 466 g/mol. The van der Waals surface area contributed by atoms with Crippen molar-refractivity contribution in [3.05, 3.63) is 59.9 Å². The van der Waals surface area contributed by atoms with Gasteiger partial charge in [-0.15, -0.1) is 0 Å². The van der Waals surface area contributed by atoms with Gasteiger partial charge in [-0.2, -0.15) is 4.31 Å². The third kappa shape index (κ3) is 5.27. The van der Waals surface area contributed by atoms with E-state index in [9.17, 15) is 18.3 Å². The van der Waals surface area contributed by atoms with Crippen LogP contribution in [0.1, 0.15) is 49.0 Å². The molecule has 188 valence electrons. The van der Waals surface area contributed by atoms with E-state index in [2.05, 4.69) is 11.1 Å². The Morgan fingerprint density at radius 1 is 1.34 bits per heavy atom. The van der Waals surface area contributed by atoms with Gasteiger partial charge in [0.1, 0.15) is 16.7 Å². The monoisotopic (exact) mass is 499 g/mol. The first-order valence-electron chi connectivity index (χ1n) is 12.0. The number of aliphatic hydroxyl groups is 1. The topological polar surface area (TPSA) is 100 Å². The Hall–Kier alpha value is -2.75. The van der Waals surface area contributed by atoms with Crippen molar-refractivity contribution in [2.24, 2.45) is 5.92 Å². The molecule has 1 aliphatic heterocycles. The highest BCUT2D eigenvalue weighted by molar-refractivity contribution is 7.89. The molecule has 0 spiro atoms. The van der Waals surface area contributed by atoms with Crippen LogP contribution in [-0.2, 0) is 10.0 Å². The zero-order valence-electron chi connectivity index (χ0n) is 20.4. The van der Waals surface area contributed by atoms with Crippen LogP contribution in [0, 0.1) is 5.92 Å². The third-order valence-electron chi connectivity index (χ3n) is 6.79. The van der Waals surface area contributed by atoms with Crippen LogP contribution in [0.25, 0.3) is 5.57 Å². The molecule has 1 aromatic heterocycles. The molecular formula is C26H33N3O5S. The zero-order chi connectivity index (χ0) is 25.2. The minimum Gasteiger partial charge on any atom is -0.487 e. The van der Waals surface area contributed by atoms with Crippen LogP contribution < -0.4 is 4.74 Å². The van der Waals surface area contributed by atoms with Gasteiger partial charge in [-0.1, -0.05) is 19.1 Å². The highest BCUT2D eigenvalue weighted by Crippen LogP contribution is 2.37. The van der Waals surface area contributed by atoms with E-state index < -0.39 is 22.2 Å².